The first-order valence-electron chi connectivity index (χ1n) is 5.19. The summed E-state index contributed by atoms with van der Waals surface area (Å²) in [6.07, 6.45) is 0. The largest absolute Gasteiger partial charge is 0.319 e. The third-order valence-electron chi connectivity index (χ3n) is 2.36. The molecule has 0 aromatic heterocycles. The van der Waals surface area contributed by atoms with Crippen LogP contribution in [0.3, 0.4) is 0 Å². The van der Waals surface area contributed by atoms with E-state index >= 15 is 0 Å². The Bertz CT molecular complexity index is 643. The zero-order chi connectivity index (χ0) is 14.0. The van der Waals surface area contributed by atoms with Crippen molar-refractivity contribution in [1.29, 1.82) is 0 Å². The first-order valence-corrected chi connectivity index (χ1v) is 5.19. The highest BCUT2D eigenvalue weighted by molar-refractivity contribution is 6.04. The maximum atomic E-state index is 13.3. The molecule has 2 rings (SSSR count). The smallest absolute Gasteiger partial charge is 0.258 e. The van der Waals surface area contributed by atoms with Crippen LogP contribution in [0.4, 0.5) is 23.2 Å². The molecule has 2 aromatic rings. The van der Waals surface area contributed by atoms with E-state index in [0.717, 1.165) is 24.3 Å². The number of anilines is 1. The fraction of sp³-hybridized carbons (Fsp3) is 0. The fourth-order valence-corrected chi connectivity index (χ4v) is 1.45. The molecule has 0 radical (unpaired) electrons. The van der Waals surface area contributed by atoms with E-state index in [9.17, 15) is 22.4 Å². The normalized spacial score (nSPS) is 10.3. The summed E-state index contributed by atoms with van der Waals surface area (Å²) in [4.78, 5) is 11.6. The number of amides is 1. The molecule has 0 aliphatic heterocycles. The van der Waals surface area contributed by atoms with E-state index in [0.29, 0.717) is 12.1 Å². The molecule has 0 fully saturated rings. The van der Waals surface area contributed by atoms with Gasteiger partial charge in [-0.2, -0.15) is 0 Å². The lowest BCUT2D eigenvalue weighted by Crippen LogP contribution is -2.15. The average Bonchev–Trinajstić information content (AvgIpc) is 2.32. The van der Waals surface area contributed by atoms with Gasteiger partial charge in [0.05, 0.1) is 11.3 Å². The lowest BCUT2D eigenvalue weighted by molar-refractivity contribution is 0.102. The van der Waals surface area contributed by atoms with Gasteiger partial charge in [-0.05, 0) is 24.3 Å². The molecule has 0 unspecified atom stereocenters. The summed E-state index contributed by atoms with van der Waals surface area (Å²) < 4.78 is 51.9. The van der Waals surface area contributed by atoms with Crippen LogP contribution in [-0.2, 0) is 0 Å². The van der Waals surface area contributed by atoms with Gasteiger partial charge in [-0.15, -0.1) is 0 Å². The van der Waals surface area contributed by atoms with Gasteiger partial charge >= 0.3 is 0 Å². The van der Waals surface area contributed by atoms with Crippen molar-refractivity contribution >= 4 is 11.6 Å². The second-order valence-corrected chi connectivity index (χ2v) is 3.70. The van der Waals surface area contributed by atoms with E-state index in [-0.39, 0.29) is 5.69 Å². The Labute approximate surface area is 105 Å². The molecule has 1 amide bonds. The molecule has 0 heterocycles. The summed E-state index contributed by atoms with van der Waals surface area (Å²) >= 11 is 0. The van der Waals surface area contributed by atoms with Gasteiger partial charge in [-0.3, -0.25) is 4.79 Å². The quantitative estimate of drug-likeness (QED) is 0.831. The third kappa shape index (κ3) is 2.90. The van der Waals surface area contributed by atoms with Crippen LogP contribution in [0.25, 0.3) is 0 Å². The van der Waals surface area contributed by atoms with E-state index in [2.05, 4.69) is 5.32 Å². The highest BCUT2D eigenvalue weighted by Crippen LogP contribution is 2.17. The first kappa shape index (κ1) is 13.1. The summed E-state index contributed by atoms with van der Waals surface area (Å²) in [5.41, 5.74) is -0.736. The van der Waals surface area contributed by atoms with Crippen LogP contribution < -0.4 is 5.32 Å². The SMILES string of the molecule is O=C(Nc1ccc(F)cc1F)c1ccc(F)cc1F. The van der Waals surface area contributed by atoms with Crippen molar-refractivity contribution in [2.45, 2.75) is 0 Å². The number of carbonyl (C=O) groups is 1. The van der Waals surface area contributed by atoms with Crippen molar-refractivity contribution in [3.63, 3.8) is 0 Å². The summed E-state index contributed by atoms with van der Waals surface area (Å²) in [5.74, 6) is -4.65. The highest BCUT2D eigenvalue weighted by Gasteiger charge is 2.14. The highest BCUT2D eigenvalue weighted by atomic mass is 19.1. The van der Waals surface area contributed by atoms with Gasteiger partial charge in [-0.25, -0.2) is 17.6 Å². The predicted molar refractivity (Wildman–Crippen MR) is 60.7 cm³/mol. The Kier molecular flexibility index (Phi) is 3.50. The summed E-state index contributed by atoms with van der Waals surface area (Å²) in [6.45, 7) is 0. The third-order valence-corrected chi connectivity index (χ3v) is 2.36. The lowest BCUT2D eigenvalue weighted by Gasteiger charge is -2.07. The number of rotatable bonds is 2. The molecule has 1 N–H and O–H groups in total. The Balaban J connectivity index is 2.25. The zero-order valence-electron chi connectivity index (χ0n) is 9.38. The fourth-order valence-electron chi connectivity index (χ4n) is 1.45. The molecule has 0 saturated heterocycles. The summed E-state index contributed by atoms with van der Waals surface area (Å²) in [6, 6.07) is 4.90. The van der Waals surface area contributed by atoms with E-state index in [1.807, 2.05) is 0 Å². The van der Waals surface area contributed by atoms with E-state index < -0.39 is 34.7 Å². The molecule has 98 valence electrons. The van der Waals surface area contributed by atoms with E-state index in [1.54, 1.807) is 0 Å². The Morgan fingerprint density at radius 1 is 0.842 bits per heavy atom. The average molecular weight is 269 g/mol. The topological polar surface area (TPSA) is 29.1 Å². The number of hydrogen-bond donors (Lipinski definition) is 1. The first-order chi connectivity index (χ1) is 8.97. The molecule has 2 nitrogen and oxygen atoms in total. The van der Waals surface area contributed by atoms with E-state index in [4.69, 9.17) is 0 Å². The van der Waals surface area contributed by atoms with Gasteiger partial charge in [0.2, 0.25) is 0 Å². The van der Waals surface area contributed by atoms with Crippen LogP contribution >= 0.6 is 0 Å². The second kappa shape index (κ2) is 5.09. The van der Waals surface area contributed by atoms with Gasteiger partial charge < -0.3 is 5.32 Å². The van der Waals surface area contributed by atoms with Crippen LogP contribution in [0.1, 0.15) is 10.4 Å². The molecule has 19 heavy (non-hydrogen) atoms. The van der Waals surface area contributed by atoms with Gasteiger partial charge in [-0.1, -0.05) is 0 Å². The molecule has 0 aliphatic carbocycles. The number of benzene rings is 2. The van der Waals surface area contributed by atoms with Crippen molar-refractivity contribution in [2.75, 3.05) is 5.32 Å². The summed E-state index contributed by atoms with van der Waals surface area (Å²) in [5, 5.41) is 2.07. The van der Waals surface area contributed by atoms with Crippen molar-refractivity contribution < 1.29 is 22.4 Å². The van der Waals surface area contributed by atoms with Crippen molar-refractivity contribution in [1.82, 2.24) is 0 Å². The minimum atomic E-state index is -1.07. The monoisotopic (exact) mass is 269 g/mol. The number of hydrogen-bond acceptors (Lipinski definition) is 1. The molecule has 6 heteroatoms. The van der Waals surface area contributed by atoms with Crippen molar-refractivity contribution in [2.24, 2.45) is 0 Å². The maximum absolute atomic E-state index is 13.3. The summed E-state index contributed by atoms with van der Waals surface area (Å²) in [7, 11) is 0. The molecular formula is C13H7F4NO. The Morgan fingerprint density at radius 2 is 1.42 bits per heavy atom. The molecular weight excluding hydrogens is 262 g/mol. The van der Waals surface area contributed by atoms with Crippen LogP contribution in [0.2, 0.25) is 0 Å². The molecule has 0 saturated carbocycles. The van der Waals surface area contributed by atoms with Gasteiger partial charge in [0, 0.05) is 12.1 Å². The molecule has 0 aliphatic rings. The van der Waals surface area contributed by atoms with Crippen LogP contribution in [0, 0.1) is 23.3 Å². The van der Waals surface area contributed by atoms with Gasteiger partial charge in [0.15, 0.2) is 0 Å². The second-order valence-electron chi connectivity index (χ2n) is 3.70. The maximum Gasteiger partial charge on any atom is 0.258 e. The van der Waals surface area contributed by atoms with Crippen molar-refractivity contribution in [3.05, 3.63) is 65.2 Å². The number of halogens is 4. The van der Waals surface area contributed by atoms with Crippen molar-refractivity contribution in [3.8, 4) is 0 Å². The molecule has 0 spiro atoms. The standard InChI is InChI=1S/C13H7F4NO/c14-7-1-3-9(10(16)5-7)13(19)18-12-4-2-8(15)6-11(12)17/h1-6H,(H,18,19). The van der Waals surface area contributed by atoms with E-state index in [1.165, 1.54) is 0 Å². The Hall–Kier alpha value is -2.37. The minimum Gasteiger partial charge on any atom is -0.319 e. The lowest BCUT2D eigenvalue weighted by atomic mass is 10.2. The number of carbonyl (C=O) groups excluding carboxylic acids is 1. The molecule has 0 bridgehead atoms. The number of nitrogens with one attached hydrogen (secondary N) is 1. The van der Waals surface area contributed by atoms with Crippen LogP contribution in [0.15, 0.2) is 36.4 Å². The predicted octanol–water partition coefficient (Wildman–Crippen LogP) is 3.50. The van der Waals surface area contributed by atoms with Crippen LogP contribution in [-0.4, -0.2) is 5.91 Å². The molecule has 2 aromatic carbocycles. The van der Waals surface area contributed by atoms with Crippen LogP contribution in [0.5, 0.6) is 0 Å². The zero-order valence-corrected chi connectivity index (χ0v) is 9.38. The minimum absolute atomic E-state index is 0.296. The van der Waals surface area contributed by atoms with Gasteiger partial charge in [0.1, 0.15) is 23.3 Å². The Morgan fingerprint density at radius 3 is 2.00 bits per heavy atom. The molecule has 0 atom stereocenters. The van der Waals surface area contributed by atoms with Gasteiger partial charge in [0.25, 0.3) is 5.91 Å².